The summed E-state index contributed by atoms with van der Waals surface area (Å²) in [4.78, 5) is 0. The average Bonchev–Trinajstić information content (AvgIpc) is 2.74. The Balaban J connectivity index is 1.36. The second-order valence-electron chi connectivity index (χ2n) is 8.86. The van der Waals surface area contributed by atoms with E-state index in [9.17, 15) is 0 Å². The van der Waals surface area contributed by atoms with Crippen LogP contribution in [0.1, 0.15) is 81.3 Å². The standard InChI is InChI=1S/C26H38O/c1-3-19-27-20-24-13-17-26(18-14-24)25-15-11-23(12-16-25)10-9-22-7-5-21(4-2)6-8-22/h3-4,13-14,17-18,21-23,25H,1-2,5-12,15-16,19-20H2/t21-,22-,23?,25?. The Hall–Kier alpha value is -1.34. The molecule has 0 N–H and O–H groups in total. The van der Waals surface area contributed by atoms with E-state index in [1.54, 1.807) is 6.08 Å². The van der Waals surface area contributed by atoms with E-state index in [1.807, 2.05) is 0 Å². The highest BCUT2D eigenvalue weighted by Gasteiger charge is 2.24. The summed E-state index contributed by atoms with van der Waals surface area (Å²) < 4.78 is 5.53. The van der Waals surface area contributed by atoms with Crippen molar-refractivity contribution in [3.63, 3.8) is 0 Å². The zero-order valence-corrected chi connectivity index (χ0v) is 17.1. The topological polar surface area (TPSA) is 9.23 Å². The zero-order chi connectivity index (χ0) is 18.9. The van der Waals surface area contributed by atoms with Gasteiger partial charge in [-0.2, -0.15) is 0 Å². The molecule has 148 valence electrons. The smallest absolute Gasteiger partial charge is 0.0721 e. The first kappa shape index (κ1) is 20.4. The molecule has 1 nitrogen and oxygen atoms in total. The van der Waals surface area contributed by atoms with Gasteiger partial charge in [-0.25, -0.2) is 0 Å². The summed E-state index contributed by atoms with van der Waals surface area (Å²) in [6.45, 7) is 8.98. The lowest BCUT2D eigenvalue weighted by molar-refractivity contribution is 0.149. The lowest BCUT2D eigenvalue weighted by Gasteiger charge is -2.31. The Morgan fingerprint density at radius 2 is 1.41 bits per heavy atom. The molecule has 2 aliphatic rings. The summed E-state index contributed by atoms with van der Waals surface area (Å²) in [5, 5.41) is 0. The molecule has 0 aliphatic heterocycles. The second-order valence-corrected chi connectivity index (χ2v) is 8.86. The van der Waals surface area contributed by atoms with E-state index >= 15 is 0 Å². The van der Waals surface area contributed by atoms with Crippen molar-refractivity contribution in [3.05, 3.63) is 60.7 Å². The number of benzene rings is 1. The molecule has 3 rings (SSSR count). The zero-order valence-electron chi connectivity index (χ0n) is 17.1. The lowest BCUT2D eigenvalue weighted by atomic mass is 9.74. The molecule has 0 saturated heterocycles. The molecule has 1 aromatic rings. The number of hydrogen-bond donors (Lipinski definition) is 0. The summed E-state index contributed by atoms with van der Waals surface area (Å²) in [5.74, 6) is 3.55. The summed E-state index contributed by atoms with van der Waals surface area (Å²) in [7, 11) is 0. The van der Waals surface area contributed by atoms with Crippen LogP contribution in [0, 0.1) is 17.8 Å². The number of hydrogen-bond acceptors (Lipinski definition) is 1. The normalized spacial score (nSPS) is 28.6. The average molecular weight is 367 g/mol. The minimum atomic E-state index is 0.626. The highest BCUT2D eigenvalue weighted by Crippen LogP contribution is 2.39. The van der Waals surface area contributed by atoms with Gasteiger partial charge in [0.05, 0.1) is 13.2 Å². The Bertz CT molecular complexity index is 556. The van der Waals surface area contributed by atoms with E-state index in [1.165, 1.54) is 75.3 Å². The van der Waals surface area contributed by atoms with Crippen molar-refractivity contribution in [2.45, 2.75) is 76.7 Å². The number of allylic oxidation sites excluding steroid dienone is 1. The quantitative estimate of drug-likeness (QED) is 0.326. The van der Waals surface area contributed by atoms with Gasteiger partial charge in [-0.3, -0.25) is 0 Å². The van der Waals surface area contributed by atoms with Gasteiger partial charge in [-0.05, 0) is 86.2 Å². The Labute approximate surface area is 166 Å². The maximum atomic E-state index is 5.53. The van der Waals surface area contributed by atoms with Gasteiger partial charge in [0.2, 0.25) is 0 Å². The molecule has 2 aliphatic carbocycles. The molecule has 0 aromatic heterocycles. The third-order valence-corrected chi connectivity index (χ3v) is 7.01. The molecule has 2 fully saturated rings. The summed E-state index contributed by atoms with van der Waals surface area (Å²) in [6.07, 6.45) is 18.2. The molecule has 27 heavy (non-hydrogen) atoms. The van der Waals surface area contributed by atoms with Gasteiger partial charge in [-0.15, -0.1) is 13.2 Å². The Morgan fingerprint density at radius 3 is 1.96 bits per heavy atom. The SMILES string of the molecule is C=CCOCc1ccc(C2CCC(CC[C@H]3CC[C@H](C=C)CC3)CC2)cc1. The van der Waals surface area contributed by atoms with E-state index in [2.05, 4.69) is 43.5 Å². The van der Waals surface area contributed by atoms with Gasteiger partial charge in [-0.1, -0.05) is 49.3 Å². The summed E-state index contributed by atoms with van der Waals surface area (Å²) in [5.41, 5.74) is 2.80. The maximum absolute atomic E-state index is 5.53. The molecule has 0 spiro atoms. The fraction of sp³-hybridized carbons (Fsp3) is 0.615. The van der Waals surface area contributed by atoms with E-state index < -0.39 is 0 Å². The number of rotatable bonds is 9. The first-order valence-corrected chi connectivity index (χ1v) is 11.2. The summed E-state index contributed by atoms with van der Waals surface area (Å²) in [6, 6.07) is 9.14. The highest BCUT2D eigenvalue weighted by atomic mass is 16.5. The van der Waals surface area contributed by atoms with Crippen LogP contribution in [0.2, 0.25) is 0 Å². The third kappa shape index (κ3) is 6.35. The Kier molecular flexibility index (Phi) is 8.20. The van der Waals surface area contributed by atoms with Gasteiger partial charge in [0.15, 0.2) is 0 Å². The minimum Gasteiger partial charge on any atom is -0.373 e. The molecule has 0 unspecified atom stereocenters. The highest BCUT2D eigenvalue weighted by molar-refractivity contribution is 5.25. The number of ether oxygens (including phenoxy) is 1. The van der Waals surface area contributed by atoms with E-state index in [-0.39, 0.29) is 0 Å². The van der Waals surface area contributed by atoms with E-state index in [0.717, 1.165) is 23.7 Å². The van der Waals surface area contributed by atoms with Crippen LogP contribution in [-0.2, 0) is 11.3 Å². The first-order valence-electron chi connectivity index (χ1n) is 11.2. The van der Waals surface area contributed by atoms with Crippen LogP contribution in [0.3, 0.4) is 0 Å². The van der Waals surface area contributed by atoms with Crippen molar-refractivity contribution in [3.8, 4) is 0 Å². The Morgan fingerprint density at radius 1 is 0.815 bits per heavy atom. The largest absolute Gasteiger partial charge is 0.373 e. The lowest BCUT2D eigenvalue weighted by Crippen LogP contribution is -2.17. The van der Waals surface area contributed by atoms with Crippen molar-refractivity contribution in [2.24, 2.45) is 17.8 Å². The molecule has 1 heteroatoms. The van der Waals surface area contributed by atoms with Crippen molar-refractivity contribution in [1.29, 1.82) is 0 Å². The van der Waals surface area contributed by atoms with Crippen molar-refractivity contribution < 1.29 is 4.74 Å². The molecule has 0 bridgehead atoms. The van der Waals surface area contributed by atoms with Gasteiger partial charge < -0.3 is 4.74 Å². The van der Waals surface area contributed by atoms with Crippen LogP contribution in [0.4, 0.5) is 0 Å². The van der Waals surface area contributed by atoms with Crippen LogP contribution >= 0.6 is 0 Å². The second kappa shape index (κ2) is 10.9. The predicted molar refractivity (Wildman–Crippen MR) is 116 cm³/mol. The van der Waals surface area contributed by atoms with Crippen LogP contribution in [0.5, 0.6) is 0 Å². The molecular formula is C26H38O. The van der Waals surface area contributed by atoms with E-state index in [4.69, 9.17) is 4.74 Å². The fourth-order valence-corrected chi connectivity index (χ4v) is 5.11. The fourth-order valence-electron chi connectivity index (χ4n) is 5.11. The van der Waals surface area contributed by atoms with Crippen molar-refractivity contribution in [2.75, 3.05) is 6.61 Å². The predicted octanol–water partition coefficient (Wildman–Crippen LogP) is 7.44. The molecule has 1 aromatic carbocycles. The van der Waals surface area contributed by atoms with Gasteiger partial charge >= 0.3 is 0 Å². The van der Waals surface area contributed by atoms with Crippen LogP contribution in [0.25, 0.3) is 0 Å². The van der Waals surface area contributed by atoms with Gasteiger partial charge in [0.1, 0.15) is 0 Å². The molecule has 2 saturated carbocycles. The maximum Gasteiger partial charge on any atom is 0.0721 e. The van der Waals surface area contributed by atoms with E-state index in [0.29, 0.717) is 13.2 Å². The van der Waals surface area contributed by atoms with Gasteiger partial charge in [0.25, 0.3) is 0 Å². The van der Waals surface area contributed by atoms with Crippen molar-refractivity contribution in [1.82, 2.24) is 0 Å². The molecule has 0 amide bonds. The molecule has 0 radical (unpaired) electrons. The van der Waals surface area contributed by atoms with Crippen LogP contribution < -0.4 is 0 Å². The van der Waals surface area contributed by atoms with Crippen LogP contribution in [0.15, 0.2) is 49.6 Å². The first-order chi connectivity index (χ1) is 13.3. The van der Waals surface area contributed by atoms with Crippen LogP contribution in [-0.4, -0.2) is 6.61 Å². The minimum absolute atomic E-state index is 0.626. The van der Waals surface area contributed by atoms with Gasteiger partial charge in [0, 0.05) is 0 Å². The monoisotopic (exact) mass is 366 g/mol. The van der Waals surface area contributed by atoms with Crippen molar-refractivity contribution >= 4 is 0 Å². The molecule has 0 atom stereocenters. The molecule has 0 heterocycles. The molecular weight excluding hydrogens is 328 g/mol. The third-order valence-electron chi connectivity index (χ3n) is 7.01. The summed E-state index contributed by atoms with van der Waals surface area (Å²) >= 11 is 0.